The highest BCUT2D eigenvalue weighted by molar-refractivity contribution is 8.14. The van der Waals surface area contributed by atoms with Crippen LogP contribution in [0.2, 0.25) is 0 Å². The highest BCUT2D eigenvalue weighted by atomic mass is 35.5. The van der Waals surface area contributed by atoms with Crippen LogP contribution in [-0.4, -0.2) is 80.9 Å². The minimum Gasteiger partial charge on any atom is -0.465 e. The molecule has 0 bridgehead atoms. The number of amidine groups is 1. The standard InChI is InChI=1S/C24H29N7O6S.ClH/c1-14(2)18(19(33)21(34)27-28-23-29(3)10-11-38-23)26-17(32)13-31-20(15-8-6-5-7-9-15)25-12-16(22(31)35)30(4)24(36)37;/h5-9,12,14,18H,10-11,13H2,1-4H3,(H,26,32)(H,27,34)(H,36,37);1H/t18-;/m0./s1. The molecule has 39 heavy (non-hydrogen) atoms. The number of anilines is 1. The fourth-order valence-electron chi connectivity index (χ4n) is 3.57. The quantitative estimate of drug-likeness (QED) is 0.292. The summed E-state index contributed by atoms with van der Waals surface area (Å²) < 4.78 is 1.03. The van der Waals surface area contributed by atoms with Crippen LogP contribution < -0.4 is 21.2 Å². The van der Waals surface area contributed by atoms with E-state index in [0.29, 0.717) is 15.6 Å². The van der Waals surface area contributed by atoms with Crippen molar-refractivity contribution < 1.29 is 24.3 Å². The Bertz CT molecular complexity index is 1320. The molecule has 0 aliphatic carbocycles. The lowest BCUT2D eigenvalue weighted by Gasteiger charge is -2.22. The van der Waals surface area contributed by atoms with Gasteiger partial charge in [-0.2, -0.15) is 0 Å². The smallest absolute Gasteiger partial charge is 0.411 e. The van der Waals surface area contributed by atoms with Gasteiger partial charge < -0.3 is 15.3 Å². The molecule has 1 saturated heterocycles. The first-order chi connectivity index (χ1) is 18.0. The average Bonchev–Trinajstić information content (AvgIpc) is 3.30. The SMILES string of the molecule is CC(C)[C@H](NC(=O)Cn1c(-c2ccccc2)ncc(N(C)C(=O)O)c1=O)C(=O)C(=O)NN=C1SCCN1C.Cl. The molecule has 1 atom stereocenters. The zero-order chi connectivity index (χ0) is 28.0. The normalized spacial score (nSPS) is 14.5. The number of aromatic nitrogens is 2. The number of Topliss-reactive ketones (excluding diaryl/α,β-unsaturated/α-hetero) is 1. The summed E-state index contributed by atoms with van der Waals surface area (Å²) in [6.07, 6.45) is -0.255. The molecule has 3 amide bonds. The Morgan fingerprint density at radius 3 is 2.44 bits per heavy atom. The van der Waals surface area contributed by atoms with Crippen molar-refractivity contribution in [3.63, 3.8) is 0 Å². The van der Waals surface area contributed by atoms with Gasteiger partial charge in [-0.3, -0.25) is 28.6 Å². The van der Waals surface area contributed by atoms with Crippen molar-refractivity contribution in [3.05, 3.63) is 46.9 Å². The van der Waals surface area contributed by atoms with Crippen molar-refractivity contribution in [3.8, 4) is 11.4 Å². The van der Waals surface area contributed by atoms with E-state index in [1.165, 1.54) is 18.8 Å². The fourth-order valence-corrected chi connectivity index (χ4v) is 4.54. The zero-order valence-electron chi connectivity index (χ0n) is 21.8. The van der Waals surface area contributed by atoms with E-state index in [-0.39, 0.29) is 23.9 Å². The lowest BCUT2D eigenvalue weighted by atomic mass is 9.99. The first-order valence-corrected chi connectivity index (χ1v) is 12.7. The molecule has 0 unspecified atom stereocenters. The van der Waals surface area contributed by atoms with Gasteiger partial charge in [0.25, 0.3) is 5.56 Å². The number of rotatable bonds is 9. The van der Waals surface area contributed by atoms with Crippen LogP contribution in [0.25, 0.3) is 11.4 Å². The van der Waals surface area contributed by atoms with Gasteiger partial charge in [0.15, 0.2) is 5.17 Å². The summed E-state index contributed by atoms with van der Waals surface area (Å²) in [6.45, 7) is 3.52. The summed E-state index contributed by atoms with van der Waals surface area (Å²) in [4.78, 5) is 69.9. The minimum absolute atomic E-state index is 0. The van der Waals surface area contributed by atoms with E-state index < -0.39 is 47.8 Å². The third-order valence-corrected chi connectivity index (χ3v) is 6.79. The van der Waals surface area contributed by atoms with Crippen molar-refractivity contribution >= 4 is 58.7 Å². The molecule has 13 nitrogen and oxygen atoms in total. The lowest BCUT2D eigenvalue weighted by Crippen LogP contribution is -2.51. The molecule has 210 valence electrons. The fraction of sp³-hybridized carbons (Fsp3) is 0.375. The van der Waals surface area contributed by atoms with E-state index in [0.717, 1.165) is 23.1 Å². The largest absolute Gasteiger partial charge is 0.465 e. The molecule has 15 heteroatoms. The summed E-state index contributed by atoms with van der Waals surface area (Å²) in [5.41, 5.74) is 1.74. The maximum absolute atomic E-state index is 13.2. The number of nitrogens with one attached hydrogen (secondary N) is 2. The van der Waals surface area contributed by atoms with E-state index in [1.54, 1.807) is 44.2 Å². The number of nitrogens with zero attached hydrogens (tertiary/aromatic N) is 5. The van der Waals surface area contributed by atoms with Gasteiger partial charge in [-0.15, -0.1) is 17.5 Å². The van der Waals surface area contributed by atoms with Crippen LogP contribution >= 0.6 is 24.2 Å². The molecular formula is C24H30ClN7O6S. The maximum Gasteiger partial charge on any atom is 0.411 e. The molecule has 1 aliphatic heterocycles. The second kappa shape index (κ2) is 13.8. The topological polar surface area (TPSA) is 166 Å². The third kappa shape index (κ3) is 7.57. The average molecular weight is 580 g/mol. The van der Waals surface area contributed by atoms with Crippen molar-refractivity contribution in [2.45, 2.75) is 26.4 Å². The number of hydrogen-bond acceptors (Lipinski definition) is 8. The van der Waals surface area contributed by atoms with E-state index in [2.05, 4.69) is 20.8 Å². The van der Waals surface area contributed by atoms with Gasteiger partial charge in [0.1, 0.15) is 18.1 Å². The molecule has 0 radical (unpaired) electrons. The first-order valence-electron chi connectivity index (χ1n) is 11.7. The highest BCUT2D eigenvalue weighted by Crippen LogP contribution is 2.18. The van der Waals surface area contributed by atoms with Crippen molar-refractivity contribution in [1.29, 1.82) is 0 Å². The van der Waals surface area contributed by atoms with Crippen molar-refractivity contribution in [1.82, 2.24) is 25.2 Å². The monoisotopic (exact) mass is 579 g/mol. The summed E-state index contributed by atoms with van der Waals surface area (Å²) in [5, 5.41) is 16.4. The highest BCUT2D eigenvalue weighted by Gasteiger charge is 2.30. The van der Waals surface area contributed by atoms with Crippen LogP contribution in [0.3, 0.4) is 0 Å². The van der Waals surface area contributed by atoms with E-state index in [4.69, 9.17) is 0 Å². The maximum atomic E-state index is 13.2. The van der Waals surface area contributed by atoms with Gasteiger partial charge in [-0.25, -0.2) is 15.2 Å². The predicted octanol–water partition coefficient (Wildman–Crippen LogP) is 1.22. The van der Waals surface area contributed by atoms with Gasteiger partial charge >= 0.3 is 12.0 Å². The van der Waals surface area contributed by atoms with Gasteiger partial charge in [0.2, 0.25) is 11.7 Å². The molecule has 0 spiro atoms. The third-order valence-electron chi connectivity index (χ3n) is 5.74. The van der Waals surface area contributed by atoms with Crippen molar-refractivity contribution in [2.75, 3.05) is 31.3 Å². The van der Waals surface area contributed by atoms with Crippen LogP contribution in [0.4, 0.5) is 10.5 Å². The van der Waals surface area contributed by atoms with Crippen LogP contribution in [0, 0.1) is 5.92 Å². The number of ketones is 1. The Balaban J connectivity index is 0.00000533. The van der Waals surface area contributed by atoms with E-state index in [9.17, 15) is 29.1 Å². The minimum atomic E-state index is -1.38. The second-order valence-corrected chi connectivity index (χ2v) is 9.89. The number of thioether (sulfide) groups is 1. The number of halogens is 1. The molecule has 3 rings (SSSR count). The van der Waals surface area contributed by atoms with Crippen LogP contribution in [0.15, 0.2) is 46.4 Å². The Morgan fingerprint density at radius 1 is 1.21 bits per heavy atom. The summed E-state index contributed by atoms with van der Waals surface area (Å²) in [7, 11) is 3.00. The Hall–Kier alpha value is -3.91. The Kier molecular flexibility index (Phi) is 11.0. The predicted molar refractivity (Wildman–Crippen MR) is 150 cm³/mol. The van der Waals surface area contributed by atoms with E-state index in [1.807, 2.05) is 11.9 Å². The number of hydrogen-bond donors (Lipinski definition) is 3. The summed E-state index contributed by atoms with van der Waals surface area (Å²) in [6, 6.07) is 7.39. The van der Waals surface area contributed by atoms with Crippen molar-refractivity contribution in [2.24, 2.45) is 11.0 Å². The Morgan fingerprint density at radius 2 is 1.87 bits per heavy atom. The number of carbonyl (C=O) groups is 4. The van der Waals surface area contributed by atoms with Gasteiger partial charge in [0.05, 0.1) is 12.2 Å². The number of amides is 3. The number of hydrazone groups is 1. The summed E-state index contributed by atoms with van der Waals surface area (Å²) >= 11 is 1.44. The lowest BCUT2D eigenvalue weighted by molar-refractivity contribution is -0.140. The molecular weight excluding hydrogens is 550 g/mol. The van der Waals surface area contributed by atoms with Crippen LogP contribution in [0.1, 0.15) is 13.8 Å². The molecule has 0 saturated carbocycles. The molecule has 3 N–H and O–H groups in total. The number of carbonyl (C=O) groups excluding carboxylic acids is 3. The van der Waals surface area contributed by atoms with Crippen LogP contribution in [0.5, 0.6) is 0 Å². The van der Waals surface area contributed by atoms with Crippen LogP contribution in [-0.2, 0) is 20.9 Å². The number of carboxylic acid groups (broad SMARTS) is 1. The zero-order valence-corrected chi connectivity index (χ0v) is 23.4. The molecule has 1 aliphatic rings. The summed E-state index contributed by atoms with van der Waals surface area (Å²) in [5.74, 6) is -2.12. The molecule has 1 aromatic carbocycles. The molecule has 1 fully saturated rings. The number of benzene rings is 1. The first kappa shape index (κ1) is 31.3. The van der Waals surface area contributed by atoms with Gasteiger partial charge in [-0.1, -0.05) is 55.9 Å². The van der Waals surface area contributed by atoms with Gasteiger partial charge in [-0.05, 0) is 5.92 Å². The van der Waals surface area contributed by atoms with Gasteiger partial charge in [0, 0.05) is 32.0 Å². The second-order valence-electron chi connectivity index (χ2n) is 8.82. The Labute approximate surface area is 235 Å². The van der Waals surface area contributed by atoms with E-state index >= 15 is 0 Å². The molecule has 1 aromatic heterocycles. The molecule has 2 heterocycles. The molecule has 2 aromatic rings.